The Morgan fingerprint density at radius 3 is 1.54 bits per heavy atom. The minimum Gasteiger partial charge on any atom is -0.493 e. The van der Waals surface area contributed by atoms with Gasteiger partial charge in [-0.05, 0) is 76.9 Å². The van der Waals surface area contributed by atoms with E-state index in [1.165, 1.54) is 76.1 Å². The molecule has 324 valence electrons. The van der Waals surface area contributed by atoms with Crippen LogP contribution in [-0.4, -0.2) is 99.8 Å². The Morgan fingerprint density at radius 1 is 0.574 bits per heavy atom. The number of carbonyl (C=O) groups is 4. The first kappa shape index (κ1) is 45.0. The van der Waals surface area contributed by atoms with Gasteiger partial charge >= 0.3 is 11.9 Å². The van der Waals surface area contributed by atoms with Crippen molar-refractivity contribution in [1.29, 1.82) is 0 Å². The molecule has 0 fully saturated rings. The number of esters is 2. The molecule has 4 unspecified atom stereocenters. The van der Waals surface area contributed by atoms with Crippen LogP contribution in [0.2, 0.25) is 0 Å². The summed E-state index contributed by atoms with van der Waals surface area (Å²) in [5.41, 5.74) is 2.78. The van der Waals surface area contributed by atoms with Crippen molar-refractivity contribution in [3.63, 3.8) is 0 Å². The van der Waals surface area contributed by atoms with Crippen molar-refractivity contribution < 1.29 is 66.5 Å². The molecule has 5 rings (SSSR count). The highest BCUT2D eigenvalue weighted by atomic mass is 16.5. The number of rotatable bonds is 19. The monoisotopic (exact) mass is 842 g/mol. The first-order valence-corrected chi connectivity index (χ1v) is 18.9. The first-order valence-electron chi connectivity index (χ1n) is 18.9. The van der Waals surface area contributed by atoms with E-state index >= 15 is 0 Å². The summed E-state index contributed by atoms with van der Waals surface area (Å²) in [5.74, 6) is -0.229. The lowest BCUT2D eigenvalue weighted by molar-refractivity contribution is -0.145. The van der Waals surface area contributed by atoms with Gasteiger partial charge in [-0.15, -0.1) is 0 Å². The average molecular weight is 843 g/mol. The topological polar surface area (TPSA) is 185 Å². The van der Waals surface area contributed by atoms with Crippen LogP contribution in [0.5, 0.6) is 46.0 Å². The van der Waals surface area contributed by atoms with Crippen molar-refractivity contribution in [1.82, 2.24) is 10.6 Å². The summed E-state index contributed by atoms with van der Waals surface area (Å²) in [6.45, 7) is 0. The molecule has 4 aromatic rings. The van der Waals surface area contributed by atoms with Crippen molar-refractivity contribution in [2.45, 2.75) is 36.9 Å². The second-order valence-corrected chi connectivity index (χ2v) is 13.6. The summed E-state index contributed by atoms with van der Waals surface area (Å²) in [7, 11) is 12.9. The van der Waals surface area contributed by atoms with Crippen LogP contribution in [0.4, 0.5) is 0 Å². The average Bonchev–Trinajstić information content (AvgIpc) is 3.68. The second-order valence-electron chi connectivity index (χ2n) is 13.6. The lowest BCUT2D eigenvalue weighted by Crippen LogP contribution is -2.45. The van der Waals surface area contributed by atoms with Gasteiger partial charge in [0.15, 0.2) is 46.0 Å². The Balaban J connectivity index is 1.49. The fraction of sp³-hybridized carbons (Fsp3) is 0.333. The van der Waals surface area contributed by atoms with Crippen LogP contribution in [0.25, 0.3) is 6.08 Å². The van der Waals surface area contributed by atoms with Crippen LogP contribution in [0.15, 0.2) is 72.8 Å². The Bertz CT molecular complexity index is 2260. The van der Waals surface area contributed by atoms with E-state index in [1.54, 1.807) is 66.7 Å². The molecule has 4 atom stereocenters. The van der Waals surface area contributed by atoms with Crippen LogP contribution in [0.3, 0.4) is 0 Å². The van der Waals surface area contributed by atoms with Gasteiger partial charge in [0.05, 0.1) is 64.0 Å². The maximum absolute atomic E-state index is 14.6. The molecule has 1 aliphatic rings. The lowest BCUT2D eigenvalue weighted by atomic mass is 9.88. The number of amides is 2. The Morgan fingerprint density at radius 2 is 1.05 bits per heavy atom. The number of benzene rings is 4. The minimum absolute atomic E-state index is 0.0556. The van der Waals surface area contributed by atoms with Gasteiger partial charge < -0.3 is 58.0 Å². The zero-order valence-corrected chi connectivity index (χ0v) is 35.4. The first-order chi connectivity index (χ1) is 29.4. The molecule has 0 spiro atoms. The van der Waals surface area contributed by atoms with Crippen LogP contribution in [-0.2, 0) is 41.5 Å². The summed E-state index contributed by atoms with van der Waals surface area (Å²) in [6.07, 6.45) is 1.97. The second kappa shape index (κ2) is 20.7. The largest absolute Gasteiger partial charge is 0.493 e. The predicted molar refractivity (Wildman–Crippen MR) is 222 cm³/mol. The standard InChI is InChI=1S/C45H50N2O14/c1-52-32-14-10-26(21-35(32)55-4)19-30(44(50)59-8)46-39(48)17-12-25-18-29-40(41(61-42(29)38(23-25)58-7)28-13-16-34(54-3)37(24-28)57-6)43(49)47-31(45(51)60-9)20-27-11-15-33(53-2)36(22-27)56-5/h10-18,21-24,30-31,40-41H,19-20H2,1-9H3,(H,46,48)(H,47,49). The number of carbonyl (C=O) groups excluding carboxylic acids is 4. The number of methoxy groups -OCH3 is 9. The van der Waals surface area contributed by atoms with Crippen molar-refractivity contribution in [3.05, 3.63) is 101 Å². The van der Waals surface area contributed by atoms with Gasteiger partial charge in [-0.3, -0.25) is 9.59 Å². The van der Waals surface area contributed by atoms with Crippen LogP contribution in [0.1, 0.15) is 39.8 Å². The quantitative estimate of drug-likeness (QED) is 0.0972. The predicted octanol–water partition coefficient (Wildman–Crippen LogP) is 4.78. The fourth-order valence-electron chi connectivity index (χ4n) is 6.99. The maximum atomic E-state index is 14.6. The Kier molecular flexibility index (Phi) is 15.3. The zero-order chi connectivity index (χ0) is 44.2. The number of hydrogen-bond acceptors (Lipinski definition) is 14. The summed E-state index contributed by atoms with van der Waals surface area (Å²) in [6, 6.07) is 16.6. The molecular weight excluding hydrogens is 792 g/mol. The Hall–Kier alpha value is -7.10. The van der Waals surface area contributed by atoms with E-state index < -0.39 is 47.9 Å². The SMILES string of the molecule is COC(=O)C(Cc1ccc(OC)c(OC)c1)NC(=O)C=Cc1cc(OC)c2c(c1)C(C(=O)NC(Cc1ccc(OC)c(OC)c1)C(=O)OC)C(c1ccc(OC)c(OC)c1)O2. The number of fused-ring (bicyclic) bond motifs is 1. The summed E-state index contributed by atoms with van der Waals surface area (Å²) < 4.78 is 54.9. The van der Waals surface area contributed by atoms with Gasteiger partial charge in [0.2, 0.25) is 11.8 Å². The van der Waals surface area contributed by atoms with Gasteiger partial charge in [0.1, 0.15) is 24.1 Å². The molecule has 0 bridgehead atoms. The van der Waals surface area contributed by atoms with E-state index in [0.717, 1.165) is 0 Å². The number of nitrogens with one attached hydrogen (secondary N) is 2. The summed E-state index contributed by atoms with van der Waals surface area (Å²) in [4.78, 5) is 54.0. The van der Waals surface area contributed by atoms with Crippen LogP contribution in [0, 0.1) is 0 Å². The maximum Gasteiger partial charge on any atom is 0.328 e. The lowest BCUT2D eigenvalue weighted by Gasteiger charge is -2.23. The molecule has 0 radical (unpaired) electrons. The highest BCUT2D eigenvalue weighted by Crippen LogP contribution is 2.52. The molecule has 4 aromatic carbocycles. The zero-order valence-electron chi connectivity index (χ0n) is 35.4. The fourth-order valence-corrected chi connectivity index (χ4v) is 6.99. The summed E-state index contributed by atoms with van der Waals surface area (Å²) in [5, 5.41) is 5.60. The smallest absolute Gasteiger partial charge is 0.328 e. The molecule has 0 aliphatic carbocycles. The molecule has 1 heterocycles. The molecule has 16 heteroatoms. The van der Waals surface area contributed by atoms with E-state index in [9.17, 15) is 19.2 Å². The van der Waals surface area contributed by atoms with E-state index in [2.05, 4.69) is 10.6 Å². The van der Waals surface area contributed by atoms with Crippen molar-refractivity contribution in [3.8, 4) is 46.0 Å². The highest BCUT2D eigenvalue weighted by Gasteiger charge is 2.44. The van der Waals surface area contributed by atoms with Crippen LogP contribution < -0.4 is 48.5 Å². The minimum atomic E-state index is -1.12. The molecule has 2 N–H and O–H groups in total. The molecule has 16 nitrogen and oxygen atoms in total. The third-order valence-electron chi connectivity index (χ3n) is 10.0. The third kappa shape index (κ3) is 10.4. The van der Waals surface area contributed by atoms with Gasteiger partial charge in [-0.1, -0.05) is 18.2 Å². The van der Waals surface area contributed by atoms with Crippen molar-refractivity contribution in [2.75, 3.05) is 64.0 Å². The Labute approximate surface area is 353 Å². The van der Waals surface area contributed by atoms with Gasteiger partial charge in [0, 0.05) is 24.5 Å². The van der Waals surface area contributed by atoms with E-state index in [4.69, 9.17) is 47.4 Å². The molecule has 0 saturated heterocycles. The van der Waals surface area contributed by atoms with Gasteiger partial charge in [-0.25, -0.2) is 9.59 Å². The molecule has 2 amide bonds. The molecule has 0 aromatic heterocycles. The summed E-state index contributed by atoms with van der Waals surface area (Å²) >= 11 is 0. The van der Waals surface area contributed by atoms with Crippen molar-refractivity contribution >= 4 is 29.8 Å². The van der Waals surface area contributed by atoms with Gasteiger partial charge in [-0.2, -0.15) is 0 Å². The normalized spacial score (nSPS) is 15.0. The van der Waals surface area contributed by atoms with E-state index in [1.807, 2.05) is 0 Å². The molecular formula is C45H50N2O14. The van der Waals surface area contributed by atoms with E-state index in [-0.39, 0.29) is 24.3 Å². The number of hydrogen-bond donors (Lipinski definition) is 2. The molecule has 61 heavy (non-hydrogen) atoms. The molecule has 0 saturated carbocycles. The van der Waals surface area contributed by atoms with Gasteiger partial charge in [0.25, 0.3) is 0 Å². The molecule has 1 aliphatic heterocycles. The van der Waals surface area contributed by atoms with Crippen LogP contribution >= 0.6 is 0 Å². The highest BCUT2D eigenvalue weighted by molar-refractivity contribution is 5.95. The van der Waals surface area contributed by atoms with E-state index in [0.29, 0.717) is 62.3 Å². The van der Waals surface area contributed by atoms with Crippen molar-refractivity contribution in [2.24, 2.45) is 0 Å². The number of ether oxygens (including phenoxy) is 10. The third-order valence-corrected chi connectivity index (χ3v) is 10.0.